The molecule has 0 saturated carbocycles. The molecule has 1 atom stereocenters. The number of carbonyl (C=O) groups is 1. The van der Waals surface area contributed by atoms with Crippen LogP contribution in [0.2, 0.25) is 0 Å². The van der Waals surface area contributed by atoms with E-state index in [4.69, 9.17) is 4.74 Å². The van der Waals surface area contributed by atoms with Crippen molar-refractivity contribution in [1.82, 2.24) is 20.0 Å². The fourth-order valence-electron chi connectivity index (χ4n) is 5.04. The molecule has 33 heavy (non-hydrogen) atoms. The topological polar surface area (TPSA) is 60.4 Å². The van der Waals surface area contributed by atoms with Crippen LogP contribution >= 0.6 is 24.0 Å². The zero-order valence-electron chi connectivity index (χ0n) is 20.0. The summed E-state index contributed by atoms with van der Waals surface area (Å²) in [7, 11) is 1.84. The number of ether oxygens (including phenoxy) is 1. The van der Waals surface area contributed by atoms with E-state index in [0.29, 0.717) is 6.61 Å². The number of aliphatic imine (C=N–C) groups is 1. The molecule has 0 spiro atoms. The van der Waals surface area contributed by atoms with Gasteiger partial charge in [0, 0.05) is 52.9 Å². The number of hydrogen-bond acceptors (Lipinski definition) is 4. The van der Waals surface area contributed by atoms with E-state index in [1.165, 1.54) is 49.9 Å². The van der Waals surface area contributed by atoms with Crippen LogP contribution in [0.1, 0.15) is 49.7 Å². The Kier molecular flexibility index (Phi) is 10.7. The maximum Gasteiger partial charge on any atom is 0.251 e. The van der Waals surface area contributed by atoms with Crippen molar-refractivity contribution in [2.24, 2.45) is 4.99 Å². The van der Waals surface area contributed by atoms with Crippen LogP contribution in [-0.4, -0.2) is 85.6 Å². The van der Waals surface area contributed by atoms with Crippen molar-refractivity contribution in [3.8, 4) is 0 Å². The SMILES string of the molecule is CN=C(NCc1ccccc1CN1CCCCCC1)N1CCN(C(=O)C2CCCO2)CC1.I. The highest BCUT2D eigenvalue weighted by molar-refractivity contribution is 14.0. The van der Waals surface area contributed by atoms with Gasteiger partial charge in [-0.15, -0.1) is 24.0 Å². The molecule has 3 aliphatic rings. The van der Waals surface area contributed by atoms with Gasteiger partial charge in [0.25, 0.3) is 5.91 Å². The number of hydrogen-bond donors (Lipinski definition) is 1. The molecule has 3 saturated heterocycles. The minimum Gasteiger partial charge on any atom is -0.368 e. The van der Waals surface area contributed by atoms with E-state index in [-0.39, 0.29) is 36.0 Å². The van der Waals surface area contributed by atoms with Crippen molar-refractivity contribution in [3.63, 3.8) is 0 Å². The highest BCUT2D eigenvalue weighted by atomic mass is 127. The molecule has 3 heterocycles. The lowest BCUT2D eigenvalue weighted by atomic mass is 10.1. The lowest BCUT2D eigenvalue weighted by Crippen LogP contribution is -2.55. The zero-order chi connectivity index (χ0) is 22.2. The third-order valence-electron chi connectivity index (χ3n) is 6.96. The Morgan fingerprint density at radius 1 is 0.970 bits per heavy atom. The average Bonchev–Trinajstić information content (AvgIpc) is 3.25. The maximum atomic E-state index is 12.6. The first kappa shape index (κ1) is 26.2. The number of rotatable bonds is 5. The molecule has 0 aromatic heterocycles. The fourth-order valence-corrected chi connectivity index (χ4v) is 5.04. The number of piperazine rings is 1. The zero-order valence-corrected chi connectivity index (χ0v) is 22.3. The molecular formula is C25H40IN5O2. The first-order chi connectivity index (χ1) is 15.7. The van der Waals surface area contributed by atoms with Gasteiger partial charge in [-0.1, -0.05) is 37.1 Å². The van der Waals surface area contributed by atoms with Gasteiger partial charge >= 0.3 is 0 Å². The standard InChI is InChI=1S/C25H39N5O2.HI/c1-26-25(30-16-14-29(15-17-30)24(31)23-11-8-18-32-23)27-19-21-9-4-5-10-22(21)20-28-12-6-2-3-7-13-28;/h4-5,9-10,23H,2-3,6-8,11-20H2,1H3,(H,26,27);1H. The van der Waals surface area contributed by atoms with Crippen LogP contribution in [0.4, 0.5) is 0 Å². The van der Waals surface area contributed by atoms with E-state index in [1.54, 1.807) is 0 Å². The number of amides is 1. The van der Waals surface area contributed by atoms with Crippen LogP contribution < -0.4 is 5.32 Å². The van der Waals surface area contributed by atoms with E-state index >= 15 is 0 Å². The normalized spacial score (nSPS) is 22.6. The van der Waals surface area contributed by atoms with Crippen LogP contribution in [0.25, 0.3) is 0 Å². The van der Waals surface area contributed by atoms with Crippen LogP contribution in [0.3, 0.4) is 0 Å². The van der Waals surface area contributed by atoms with Gasteiger partial charge in [0.15, 0.2) is 5.96 Å². The molecule has 8 heteroatoms. The first-order valence-electron chi connectivity index (χ1n) is 12.4. The van der Waals surface area contributed by atoms with Gasteiger partial charge in [0.05, 0.1) is 0 Å². The molecule has 1 aromatic rings. The number of guanidine groups is 1. The number of nitrogens with one attached hydrogen (secondary N) is 1. The van der Waals surface area contributed by atoms with Gasteiger partial charge in [-0.05, 0) is 49.9 Å². The summed E-state index contributed by atoms with van der Waals surface area (Å²) in [5.74, 6) is 1.08. The molecule has 0 aliphatic carbocycles. The molecule has 1 N–H and O–H groups in total. The van der Waals surface area contributed by atoms with E-state index in [9.17, 15) is 4.79 Å². The van der Waals surface area contributed by atoms with Crippen molar-refractivity contribution < 1.29 is 9.53 Å². The second-order valence-corrected chi connectivity index (χ2v) is 9.17. The van der Waals surface area contributed by atoms with Gasteiger partial charge in [0.2, 0.25) is 0 Å². The summed E-state index contributed by atoms with van der Waals surface area (Å²) in [6.45, 7) is 7.98. The van der Waals surface area contributed by atoms with Crippen molar-refractivity contribution in [2.45, 2.75) is 57.7 Å². The van der Waals surface area contributed by atoms with E-state index in [2.05, 4.69) is 44.4 Å². The Morgan fingerprint density at radius 2 is 1.64 bits per heavy atom. The second kappa shape index (κ2) is 13.5. The highest BCUT2D eigenvalue weighted by Gasteiger charge is 2.30. The molecule has 1 unspecified atom stereocenters. The maximum absolute atomic E-state index is 12.6. The Labute approximate surface area is 215 Å². The molecule has 0 radical (unpaired) electrons. The van der Waals surface area contributed by atoms with Gasteiger partial charge < -0.3 is 19.9 Å². The number of carbonyl (C=O) groups excluding carboxylic acids is 1. The van der Waals surface area contributed by atoms with Crippen molar-refractivity contribution >= 4 is 35.8 Å². The number of nitrogens with zero attached hydrogens (tertiary/aromatic N) is 4. The van der Waals surface area contributed by atoms with E-state index < -0.39 is 0 Å². The number of benzene rings is 1. The van der Waals surface area contributed by atoms with Crippen LogP contribution in [0.15, 0.2) is 29.3 Å². The summed E-state index contributed by atoms with van der Waals surface area (Å²) in [5.41, 5.74) is 2.74. The predicted octanol–water partition coefficient (Wildman–Crippen LogP) is 3.08. The van der Waals surface area contributed by atoms with Crippen molar-refractivity contribution in [2.75, 3.05) is 52.9 Å². The number of halogens is 1. The fraction of sp³-hybridized carbons (Fsp3) is 0.680. The van der Waals surface area contributed by atoms with Gasteiger partial charge in [-0.25, -0.2) is 0 Å². The quantitative estimate of drug-likeness (QED) is 0.336. The number of likely N-dealkylation sites (tertiary alicyclic amines) is 1. The summed E-state index contributed by atoms with van der Waals surface area (Å²) >= 11 is 0. The highest BCUT2D eigenvalue weighted by Crippen LogP contribution is 2.18. The third-order valence-corrected chi connectivity index (χ3v) is 6.96. The lowest BCUT2D eigenvalue weighted by Gasteiger charge is -2.37. The lowest BCUT2D eigenvalue weighted by molar-refractivity contribution is -0.142. The minimum atomic E-state index is -0.223. The summed E-state index contributed by atoms with van der Waals surface area (Å²) in [6, 6.07) is 8.77. The van der Waals surface area contributed by atoms with Crippen LogP contribution in [0.5, 0.6) is 0 Å². The third kappa shape index (κ3) is 7.29. The molecule has 3 aliphatic heterocycles. The molecule has 184 valence electrons. The molecule has 0 bridgehead atoms. The van der Waals surface area contributed by atoms with E-state index in [0.717, 1.165) is 58.1 Å². The van der Waals surface area contributed by atoms with Crippen molar-refractivity contribution in [3.05, 3.63) is 35.4 Å². The molecule has 1 aromatic carbocycles. The van der Waals surface area contributed by atoms with Gasteiger partial charge in [-0.3, -0.25) is 14.7 Å². The predicted molar refractivity (Wildman–Crippen MR) is 143 cm³/mol. The molecule has 3 fully saturated rings. The molecule has 7 nitrogen and oxygen atoms in total. The molecule has 4 rings (SSSR count). The monoisotopic (exact) mass is 569 g/mol. The first-order valence-corrected chi connectivity index (χ1v) is 12.4. The van der Waals surface area contributed by atoms with Gasteiger partial charge in [0.1, 0.15) is 6.10 Å². The smallest absolute Gasteiger partial charge is 0.251 e. The Hall–Kier alpha value is -1.39. The summed E-state index contributed by atoms with van der Waals surface area (Å²) < 4.78 is 5.58. The van der Waals surface area contributed by atoms with Crippen molar-refractivity contribution in [1.29, 1.82) is 0 Å². The molecular weight excluding hydrogens is 529 g/mol. The Balaban J connectivity index is 0.00000306. The van der Waals surface area contributed by atoms with Gasteiger partial charge in [-0.2, -0.15) is 0 Å². The average molecular weight is 570 g/mol. The van der Waals surface area contributed by atoms with Crippen LogP contribution in [-0.2, 0) is 22.6 Å². The van der Waals surface area contributed by atoms with E-state index in [1.807, 2.05) is 11.9 Å². The van der Waals surface area contributed by atoms with Crippen LogP contribution in [0, 0.1) is 0 Å². The summed E-state index contributed by atoms with van der Waals surface area (Å²) in [5, 5.41) is 3.57. The Bertz CT molecular complexity index is 768. The summed E-state index contributed by atoms with van der Waals surface area (Å²) in [6.07, 6.45) is 6.99. The summed E-state index contributed by atoms with van der Waals surface area (Å²) in [4.78, 5) is 24.0. The minimum absolute atomic E-state index is 0. The Morgan fingerprint density at radius 3 is 2.27 bits per heavy atom. The largest absolute Gasteiger partial charge is 0.368 e. The molecule has 1 amide bonds. The second-order valence-electron chi connectivity index (χ2n) is 9.17.